The molecule has 2 aromatic rings. The van der Waals surface area contributed by atoms with E-state index in [1.54, 1.807) is 23.6 Å². The van der Waals surface area contributed by atoms with Crippen LogP contribution < -0.4 is 25.4 Å². The maximum atomic E-state index is 12.4. The fourth-order valence-corrected chi connectivity index (χ4v) is 4.14. The zero-order chi connectivity index (χ0) is 22.0. The van der Waals surface area contributed by atoms with E-state index in [0.717, 1.165) is 11.3 Å². The van der Waals surface area contributed by atoms with E-state index in [-0.39, 0.29) is 29.4 Å². The number of rotatable bonds is 6. The molecule has 3 heterocycles. The molecule has 0 radical (unpaired) electrons. The predicted molar refractivity (Wildman–Crippen MR) is 110 cm³/mol. The molecule has 1 atom stereocenters. The minimum Gasteiger partial charge on any atom is -0.486 e. The molecule has 1 unspecified atom stereocenters. The van der Waals surface area contributed by atoms with Gasteiger partial charge in [-0.25, -0.2) is 0 Å². The van der Waals surface area contributed by atoms with E-state index in [4.69, 9.17) is 19.9 Å². The third kappa shape index (κ3) is 4.45. The van der Waals surface area contributed by atoms with Gasteiger partial charge in [-0.15, -0.1) is 11.3 Å². The Kier molecular flexibility index (Phi) is 5.76. The van der Waals surface area contributed by atoms with Gasteiger partial charge in [0.15, 0.2) is 18.1 Å². The van der Waals surface area contributed by atoms with E-state index in [2.05, 4.69) is 5.32 Å². The first kappa shape index (κ1) is 20.7. The van der Waals surface area contributed by atoms with Crippen molar-refractivity contribution in [1.29, 1.82) is 0 Å². The van der Waals surface area contributed by atoms with Gasteiger partial charge in [-0.2, -0.15) is 0 Å². The largest absolute Gasteiger partial charge is 0.486 e. The van der Waals surface area contributed by atoms with Crippen LogP contribution in [0.2, 0.25) is 0 Å². The first-order valence-electron chi connectivity index (χ1n) is 9.46. The molecule has 0 spiro atoms. The van der Waals surface area contributed by atoms with Crippen molar-refractivity contribution in [2.75, 3.05) is 36.6 Å². The summed E-state index contributed by atoms with van der Waals surface area (Å²) in [7, 11) is 0. The van der Waals surface area contributed by atoms with Crippen LogP contribution in [0, 0.1) is 5.92 Å². The van der Waals surface area contributed by atoms with Crippen molar-refractivity contribution >= 4 is 45.7 Å². The summed E-state index contributed by atoms with van der Waals surface area (Å²) in [6.45, 7) is 0.486. The molecule has 4 rings (SSSR count). The summed E-state index contributed by atoms with van der Waals surface area (Å²) in [5, 5.41) is 4.38. The summed E-state index contributed by atoms with van der Waals surface area (Å²) in [5.41, 5.74) is 6.01. The molecule has 0 bridgehead atoms. The zero-order valence-electron chi connectivity index (χ0n) is 16.3. The van der Waals surface area contributed by atoms with Crippen LogP contribution in [-0.2, 0) is 19.1 Å². The number of amides is 3. The maximum Gasteiger partial charge on any atom is 0.311 e. The molecule has 1 saturated heterocycles. The zero-order valence-corrected chi connectivity index (χ0v) is 17.1. The molecule has 31 heavy (non-hydrogen) atoms. The summed E-state index contributed by atoms with van der Waals surface area (Å²) in [5.74, 6) is -1.70. The molecule has 3 amide bonds. The Balaban J connectivity index is 1.32. The van der Waals surface area contributed by atoms with Crippen LogP contribution in [0.15, 0.2) is 29.6 Å². The SMILES string of the molecule is NC(=O)c1ccsc1NC(=O)COC(=O)C1CC(=O)N(c2ccc3c(c2)OCCO3)C1. The van der Waals surface area contributed by atoms with Gasteiger partial charge < -0.3 is 30.2 Å². The molecular formula is C20H19N3O7S. The second-order valence-corrected chi connectivity index (χ2v) is 7.83. The van der Waals surface area contributed by atoms with Gasteiger partial charge in [0.1, 0.15) is 18.2 Å². The molecule has 162 valence electrons. The van der Waals surface area contributed by atoms with E-state index >= 15 is 0 Å². The highest BCUT2D eigenvalue weighted by Crippen LogP contribution is 2.36. The minimum atomic E-state index is -0.698. The predicted octanol–water partition coefficient (Wildman–Crippen LogP) is 1.15. The standard InChI is InChI=1S/C20H19N3O7S/c21-18(26)13-3-6-31-19(13)22-16(24)10-30-20(27)11-7-17(25)23(9-11)12-1-2-14-15(8-12)29-5-4-28-14/h1-3,6,8,11H,4-5,7,9-10H2,(H2,21,26)(H,22,24). The average Bonchev–Trinajstić information content (AvgIpc) is 3.38. The van der Waals surface area contributed by atoms with Crippen molar-refractivity contribution in [2.24, 2.45) is 11.7 Å². The molecule has 11 heteroatoms. The molecule has 3 N–H and O–H groups in total. The Morgan fingerprint density at radius 1 is 1.19 bits per heavy atom. The fraction of sp³-hybridized carbons (Fsp3) is 0.300. The third-order valence-corrected chi connectivity index (χ3v) is 5.65. The fourth-order valence-electron chi connectivity index (χ4n) is 3.33. The Morgan fingerprint density at radius 2 is 1.97 bits per heavy atom. The number of nitrogens with two attached hydrogens (primary N) is 1. The number of carbonyl (C=O) groups is 4. The first-order chi connectivity index (χ1) is 14.9. The topological polar surface area (TPSA) is 137 Å². The number of hydrogen-bond donors (Lipinski definition) is 2. The molecule has 2 aliphatic heterocycles. The number of nitrogens with one attached hydrogen (secondary N) is 1. The lowest BCUT2D eigenvalue weighted by Crippen LogP contribution is -2.28. The van der Waals surface area contributed by atoms with Crippen molar-refractivity contribution in [3.05, 3.63) is 35.2 Å². The van der Waals surface area contributed by atoms with Crippen LogP contribution in [0.4, 0.5) is 10.7 Å². The van der Waals surface area contributed by atoms with E-state index in [1.807, 2.05) is 0 Å². The molecule has 10 nitrogen and oxygen atoms in total. The quantitative estimate of drug-likeness (QED) is 0.636. The van der Waals surface area contributed by atoms with Gasteiger partial charge in [0, 0.05) is 24.7 Å². The molecular weight excluding hydrogens is 426 g/mol. The number of carbonyl (C=O) groups excluding carboxylic acids is 4. The number of fused-ring (bicyclic) bond motifs is 1. The summed E-state index contributed by atoms with van der Waals surface area (Å²) in [6.07, 6.45) is -0.0222. The highest BCUT2D eigenvalue weighted by atomic mass is 32.1. The number of benzene rings is 1. The smallest absolute Gasteiger partial charge is 0.311 e. The van der Waals surface area contributed by atoms with E-state index in [1.165, 1.54) is 11.0 Å². The van der Waals surface area contributed by atoms with Crippen LogP contribution in [0.25, 0.3) is 0 Å². The van der Waals surface area contributed by atoms with Crippen molar-refractivity contribution in [2.45, 2.75) is 6.42 Å². The number of esters is 1. The van der Waals surface area contributed by atoms with Crippen molar-refractivity contribution < 1.29 is 33.4 Å². The molecule has 2 aliphatic rings. The number of hydrogen-bond acceptors (Lipinski definition) is 8. The minimum absolute atomic E-state index is 0.0222. The van der Waals surface area contributed by atoms with E-state index in [9.17, 15) is 19.2 Å². The molecule has 1 aromatic carbocycles. The lowest BCUT2D eigenvalue weighted by molar-refractivity contribution is -0.151. The summed E-state index contributed by atoms with van der Waals surface area (Å²) < 4.78 is 16.1. The average molecular weight is 445 g/mol. The number of thiophene rings is 1. The lowest BCUT2D eigenvalue weighted by Gasteiger charge is -2.22. The number of nitrogens with zero attached hydrogens (tertiary/aromatic N) is 1. The maximum absolute atomic E-state index is 12.4. The van der Waals surface area contributed by atoms with Gasteiger partial charge in [-0.05, 0) is 23.6 Å². The van der Waals surface area contributed by atoms with Gasteiger partial charge in [0.2, 0.25) is 5.91 Å². The molecule has 0 saturated carbocycles. The van der Waals surface area contributed by atoms with Gasteiger partial charge >= 0.3 is 5.97 Å². The molecule has 1 aromatic heterocycles. The van der Waals surface area contributed by atoms with Crippen molar-refractivity contribution in [3.63, 3.8) is 0 Å². The van der Waals surface area contributed by atoms with Gasteiger partial charge in [-0.3, -0.25) is 19.2 Å². The number of anilines is 2. The Bertz CT molecular complexity index is 1050. The number of ether oxygens (including phenoxy) is 3. The van der Waals surface area contributed by atoms with Crippen LogP contribution in [-0.4, -0.2) is 50.1 Å². The van der Waals surface area contributed by atoms with Crippen molar-refractivity contribution in [3.8, 4) is 11.5 Å². The Hall–Kier alpha value is -3.60. The highest BCUT2D eigenvalue weighted by molar-refractivity contribution is 7.14. The van der Waals surface area contributed by atoms with Crippen LogP contribution >= 0.6 is 11.3 Å². The second kappa shape index (κ2) is 8.64. The Morgan fingerprint density at radius 3 is 2.74 bits per heavy atom. The second-order valence-electron chi connectivity index (χ2n) is 6.92. The van der Waals surface area contributed by atoms with Gasteiger partial charge in [0.25, 0.3) is 11.8 Å². The Labute approximate surface area is 180 Å². The molecule has 0 aliphatic carbocycles. The van der Waals surface area contributed by atoms with Gasteiger partial charge in [0.05, 0.1) is 11.5 Å². The normalized spacial score (nSPS) is 17.4. The summed E-state index contributed by atoms with van der Waals surface area (Å²) in [6, 6.07) is 6.64. The lowest BCUT2D eigenvalue weighted by atomic mass is 10.1. The summed E-state index contributed by atoms with van der Waals surface area (Å²) in [4.78, 5) is 49.7. The van der Waals surface area contributed by atoms with E-state index < -0.39 is 30.3 Å². The number of primary amides is 1. The molecule has 1 fully saturated rings. The van der Waals surface area contributed by atoms with E-state index in [0.29, 0.717) is 30.4 Å². The van der Waals surface area contributed by atoms with Crippen LogP contribution in [0.1, 0.15) is 16.8 Å². The van der Waals surface area contributed by atoms with Gasteiger partial charge in [-0.1, -0.05) is 0 Å². The monoisotopic (exact) mass is 445 g/mol. The summed E-state index contributed by atoms with van der Waals surface area (Å²) >= 11 is 1.13. The highest BCUT2D eigenvalue weighted by Gasteiger charge is 2.37. The van der Waals surface area contributed by atoms with Crippen molar-refractivity contribution in [1.82, 2.24) is 0 Å². The van der Waals surface area contributed by atoms with Crippen LogP contribution in [0.3, 0.4) is 0 Å². The first-order valence-corrected chi connectivity index (χ1v) is 10.3. The third-order valence-electron chi connectivity index (χ3n) is 4.82. The van der Waals surface area contributed by atoms with Crippen LogP contribution in [0.5, 0.6) is 11.5 Å².